The number of alkyl halides is 1. The molecule has 1 aliphatic carbocycles. The van der Waals surface area contributed by atoms with Gasteiger partial charge in [-0.05, 0) is 19.3 Å². The molecule has 4 heteroatoms. The van der Waals surface area contributed by atoms with Crippen molar-refractivity contribution in [3.05, 3.63) is 0 Å². The van der Waals surface area contributed by atoms with Gasteiger partial charge in [-0.2, -0.15) is 0 Å². The molecule has 0 aromatic rings. The van der Waals surface area contributed by atoms with E-state index in [1.54, 1.807) is 0 Å². The standard InChI is InChI=1S/C8H13BrO3/c1-12-8(11)5-2-3-6(9)7(10)4-5/h5-7,10H,2-4H2,1H3. The summed E-state index contributed by atoms with van der Waals surface area (Å²) in [6.07, 6.45) is 1.74. The maximum atomic E-state index is 11.1. The lowest BCUT2D eigenvalue weighted by Crippen LogP contribution is -2.33. The van der Waals surface area contributed by atoms with Crippen molar-refractivity contribution in [1.82, 2.24) is 0 Å². The Kier molecular flexibility index (Phi) is 3.53. The van der Waals surface area contributed by atoms with Crippen LogP contribution in [0, 0.1) is 5.92 Å². The van der Waals surface area contributed by atoms with Gasteiger partial charge in [-0.3, -0.25) is 4.79 Å². The first-order chi connectivity index (χ1) is 5.65. The van der Waals surface area contributed by atoms with Gasteiger partial charge in [0, 0.05) is 4.83 Å². The van der Waals surface area contributed by atoms with Crippen molar-refractivity contribution in [2.75, 3.05) is 7.11 Å². The first-order valence-corrected chi connectivity index (χ1v) is 4.96. The monoisotopic (exact) mass is 236 g/mol. The van der Waals surface area contributed by atoms with Crippen molar-refractivity contribution in [2.24, 2.45) is 5.92 Å². The topological polar surface area (TPSA) is 46.5 Å². The summed E-state index contributed by atoms with van der Waals surface area (Å²) in [6, 6.07) is 0. The molecule has 0 aromatic heterocycles. The summed E-state index contributed by atoms with van der Waals surface area (Å²) >= 11 is 3.35. The second kappa shape index (κ2) is 4.23. The number of rotatable bonds is 1. The van der Waals surface area contributed by atoms with Crippen molar-refractivity contribution in [3.8, 4) is 0 Å². The Labute approximate surface area is 80.2 Å². The van der Waals surface area contributed by atoms with Gasteiger partial charge in [0.05, 0.1) is 19.1 Å². The summed E-state index contributed by atoms with van der Waals surface area (Å²) in [5.74, 6) is -0.313. The number of ether oxygens (including phenoxy) is 1. The van der Waals surface area contributed by atoms with Crippen LogP contribution in [-0.4, -0.2) is 29.1 Å². The van der Waals surface area contributed by atoms with Crippen LogP contribution < -0.4 is 0 Å². The second-order valence-electron chi connectivity index (χ2n) is 3.12. The average Bonchev–Trinajstić information content (AvgIpc) is 2.08. The lowest BCUT2D eigenvalue weighted by atomic mass is 9.87. The largest absolute Gasteiger partial charge is 0.469 e. The van der Waals surface area contributed by atoms with E-state index in [0.29, 0.717) is 6.42 Å². The van der Waals surface area contributed by atoms with Crippen molar-refractivity contribution in [1.29, 1.82) is 0 Å². The van der Waals surface area contributed by atoms with Crippen molar-refractivity contribution < 1.29 is 14.6 Å². The van der Waals surface area contributed by atoms with Gasteiger partial charge in [0.25, 0.3) is 0 Å². The number of methoxy groups -OCH3 is 1. The number of halogens is 1. The van der Waals surface area contributed by atoms with Crippen LogP contribution in [0.1, 0.15) is 19.3 Å². The number of esters is 1. The predicted molar refractivity (Wildman–Crippen MR) is 48.1 cm³/mol. The lowest BCUT2D eigenvalue weighted by Gasteiger charge is -2.27. The first kappa shape index (κ1) is 9.99. The van der Waals surface area contributed by atoms with Crippen molar-refractivity contribution >= 4 is 21.9 Å². The number of hydrogen-bond acceptors (Lipinski definition) is 3. The van der Waals surface area contributed by atoms with Crippen molar-refractivity contribution in [3.63, 3.8) is 0 Å². The zero-order valence-corrected chi connectivity index (χ0v) is 8.58. The molecule has 0 radical (unpaired) electrons. The maximum absolute atomic E-state index is 11.1. The molecule has 0 aliphatic heterocycles. The minimum absolute atomic E-state index is 0.112. The number of aliphatic hydroxyl groups is 1. The highest BCUT2D eigenvalue weighted by Gasteiger charge is 2.31. The van der Waals surface area contributed by atoms with E-state index in [1.165, 1.54) is 7.11 Å². The third kappa shape index (κ3) is 2.20. The molecule has 12 heavy (non-hydrogen) atoms. The Morgan fingerprint density at radius 2 is 2.25 bits per heavy atom. The smallest absolute Gasteiger partial charge is 0.308 e. The van der Waals surface area contributed by atoms with Crippen LogP contribution in [0.4, 0.5) is 0 Å². The van der Waals surface area contributed by atoms with E-state index in [1.807, 2.05) is 0 Å². The molecule has 0 amide bonds. The summed E-state index contributed by atoms with van der Waals surface area (Å²) in [6.45, 7) is 0. The van der Waals surface area contributed by atoms with Crippen LogP contribution >= 0.6 is 15.9 Å². The molecule has 0 spiro atoms. The molecule has 0 heterocycles. The van der Waals surface area contributed by atoms with E-state index in [9.17, 15) is 9.90 Å². The van der Waals surface area contributed by atoms with Crippen LogP contribution in [0.15, 0.2) is 0 Å². The minimum Gasteiger partial charge on any atom is -0.469 e. The molecule has 1 fully saturated rings. The highest BCUT2D eigenvalue weighted by molar-refractivity contribution is 9.09. The third-order valence-corrected chi connectivity index (χ3v) is 3.34. The number of aliphatic hydroxyl groups excluding tert-OH is 1. The first-order valence-electron chi connectivity index (χ1n) is 4.05. The number of carbonyl (C=O) groups excluding carboxylic acids is 1. The molecule has 1 aliphatic rings. The lowest BCUT2D eigenvalue weighted by molar-refractivity contribution is -0.147. The molecule has 70 valence electrons. The Morgan fingerprint density at radius 3 is 2.75 bits per heavy atom. The molecule has 0 bridgehead atoms. The van der Waals surface area contributed by atoms with Crippen LogP contribution in [0.5, 0.6) is 0 Å². The van der Waals surface area contributed by atoms with E-state index in [2.05, 4.69) is 20.7 Å². The second-order valence-corrected chi connectivity index (χ2v) is 4.29. The van der Waals surface area contributed by atoms with Crippen LogP contribution in [0.2, 0.25) is 0 Å². The van der Waals surface area contributed by atoms with Gasteiger partial charge >= 0.3 is 5.97 Å². The molecular weight excluding hydrogens is 224 g/mol. The molecule has 3 nitrogen and oxygen atoms in total. The van der Waals surface area contributed by atoms with Gasteiger partial charge in [0.2, 0.25) is 0 Å². The van der Waals surface area contributed by atoms with E-state index < -0.39 is 6.10 Å². The zero-order chi connectivity index (χ0) is 9.14. The zero-order valence-electron chi connectivity index (χ0n) is 7.00. The Morgan fingerprint density at radius 1 is 1.58 bits per heavy atom. The minimum atomic E-state index is -0.414. The third-order valence-electron chi connectivity index (χ3n) is 2.27. The molecule has 1 N–H and O–H groups in total. The molecular formula is C8H13BrO3. The molecule has 3 unspecified atom stereocenters. The Balaban J connectivity index is 2.45. The van der Waals surface area contributed by atoms with Crippen LogP contribution in [0.25, 0.3) is 0 Å². The van der Waals surface area contributed by atoms with Crippen LogP contribution in [-0.2, 0) is 9.53 Å². The number of hydrogen-bond donors (Lipinski definition) is 1. The van der Waals surface area contributed by atoms with Gasteiger partial charge in [-0.1, -0.05) is 15.9 Å². The molecule has 0 aromatic carbocycles. The summed E-state index contributed by atoms with van der Waals surface area (Å²) in [4.78, 5) is 11.2. The maximum Gasteiger partial charge on any atom is 0.308 e. The predicted octanol–water partition coefficient (Wildman–Crippen LogP) is 1.08. The van der Waals surface area contributed by atoms with E-state index in [4.69, 9.17) is 0 Å². The number of carbonyl (C=O) groups is 1. The molecule has 1 saturated carbocycles. The molecule has 0 saturated heterocycles. The highest BCUT2D eigenvalue weighted by atomic mass is 79.9. The van der Waals surface area contributed by atoms with E-state index >= 15 is 0 Å². The van der Waals surface area contributed by atoms with Crippen molar-refractivity contribution in [2.45, 2.75) is 30.2 Å². The van der Waals surface area contributed by atoms with Crippen LogP contribution in [0.3, 0.4) is 0 Å². The normalized spacial score (nSPS) is 36.1. The summed E-state index contributed by atoms with van der Waals surface area (Å²) in [7, 11) is 1.38. The molecule has 3 atom stereocenters. The van der Waals surface area contributed by atoms with E-state index in [0.717, 1.165) is 12.8 Å². The molecule has 1 rings (SSSR count). The summed E-state index contributed by atoms with van der Waals surface area (Å²) in [5, 5.41) is 9.44. The Hall–Kier alpha value is -0.0900. The van der Waals surface area contributed by atoms with Gasteiger partial charge in [-0.25, -0.2) is 0 Å². The quantitative estimate of drug-likeness (QED) is 0.548. The Bertz CT molecular complexity index is 172. The summed E-state index contributed by atoms with van der Waals surface area (Å²) < 4.78 is 4.61. The van der Waals surface area contributed by atoms with Gasteiger partial charge in [0.1, 0.15) is 0 Å². The van der Waals surface area contributed by atoms with Gasteiger partial charge < -0.3 is 9.84 Å². The average molecular weight is 237 g/mol. The highest BCUT2D eigenvalue weighted by Crippen LogP contribution is 2.29. The van der Waals surface area contributed by atoms with Gasteiger partial charge in [0.15, 0.2) is 0 Å². The fourth-order valence-electron chi connectivity index (χ4n) is 1.49. The van der Waals surface area contributed by atoms with E-state index in [-0.39, 0.29) is 16.7 Å². The fourth-order valence-corrected chi connectivity index (χ4v) is 1.97. The van der Waals surface area contributed by atoms with Gasteiger partial charge in [-0.15, -0.1) is 0 Å². The summed E-state index contributed by atoms with van der Waals surface area (Å²) in [5.41, 5.74) is 0. The SMILES string of the molecule is COC(=O)C1CCC(Br)C(O)C1. The fraction of sp³-hybridized carbons (Fsp3) is 0.875.